The molecule has 148 valence electrons. The van der Waals surface area contributed by atoms with Crippen LogP contribution in [0, 0.1) is 0 Å². The number of carbonyl (C=O) groups is 2. The van der Waals surface area contributed by atoms with Crippen molar-refractivity contribution in [1.29, 1.82) is 0 Å². The maximum Gasteiger partial charge on any atom is 0.238 e. The Morgan fingerprint density at radius 3 is 2.31 bits per heavy atom. The van der Waals surface area contributed by atoms with E-state index in [1.807, 2.05) is 28.8 Å². The number of aromatic nitrogens is 1. The van der Waals surface area contributed by atoms with Gasteiger partial charge in [0, 0.05) is 23.5 Å². The Morgan fingerprint density at radius 1 is 0.966 bits per heavy atom. The lowest BCUT2D eigenvalue weighted by Gasteiger charge is -2.11. The Kier molecular flexibility index (Phi) is 4.81. The molecule has 0 fully saturated rings. The van der Waals surface area contributed by atoms with Crippen LogP contribution in [0.2, 0.25) is 0 Å². The summed E-state index contributed by atoms with van der Waals surface area (Å²) in [7, 11) is -3.78. The van der Waals surface area contributed by atoms with Gasteiger partial charge >= 0.3 is 0 Å². The molecule has 3 aromatic rings. The van der Waals surface area contributed by atoms with Gasteiger partial charge in [-0.15, -0.1) is 0 Å². The molecular formula is C21H19N3O4S. The van der Waals surface area contributed by atoms with Crippen molar-refractivity contribution in [3.05, 3.63) is 83.7 Å². The topological polar surface area (TPSA) is 111 Å². The fourth-order valence-electron chi connectivity index (χ4n) is 3.60. The van der Waals surface area contributed by atoms with Gasteiger partial charge in [0.2, 0.25) is 21.7 Å². The molecule has 1 aliphatic heterocycles. The van der Waals surface area contributed by atoms with Gasteiger partial charge in [-0.3, -0.25) is 9.59 Å². The standard InChI is InChI=1S/C21H19N3O4S/c22-29(27,28)16-8-6-15(7-9-16)23-21(26)17-12-13-24-18(17)10-11-19(24)20(25)14-4-2-1-3-5-14/h1-11,17H,12-13H2,(H,23,26)(H2,22,27,28). The number of hydrogen-bond acceptors (Lipinski definition) is 4. The van der Waals surface area contributed by atoms with E-state index in [-0.39, 0.29) is 22.5 Å². The van der Waals surface area contributed by atoms with Gasteiger partial charge in [0.05, 0.1) is 16.5 Å². The minimum atomic E-state index is -3.78. The molecule has 1 atom stereocenters. The van der Waals surface area contributed by atoms with Gasteiger partial charge in [-0.05, 0) is 42.8 Å². The molecule has 3 N–H and O–H groups in total. The van der Waals surface area contributed by atoms with Crippen LogP contribution < -0.4 is 10.5 Å². The first-order chi connectivity index (χ1) is 13.8. The highest BCUT2D eigenvalue weighted by molar-refractivity contribution is 7.89. The molecule has 0 saturated carbocycles. The van der Waals surface area contributed by atoms with E-state index in [0.29, 0.717) is 29.9 Å². The van der Waals surface area contributed by atoms with E-state index in [0.717, 1.165) is 5.69 Å². The van der Waals surface area contributed by atoms with Crippen molar-refractivity contribution in [1.82, 2.24) is 4.57 Å². The van der Waals surface area contributed by atoms with Gasteiger partial charge in [0.1, 0.15) is 0 Å². The molecule has 1 unspecified atom stereocenters. The Hall–Kier alpha value is -3.23. The second-order valence-electron chi connectivity index (χ2n) is 6.89. The number of amides is 1. The minimum absolute atomic E-state index is 0.0192. The first kappa shape index (κ1) is 19.1. The number of carbonyl (C=O) groups excluding carboxylic acids is 2. The van der Waals surface area contributed by atoms with Crippen molar-refractivity contribution < 1.29 is 18.0 Å². The Labute approximate surface area is 168 Å². The largest absolute Gasteiger partial charge is 0.341 e. The zero-order chi connectivity index (χ0) is 20.6. The average molecular weight is 409 g/mol. The molecule has 0 radical (unpaired) electrons. The van der Waals surface area contributed by atoms with E-state index in [4.69, 9.17) is 5.14 Å². The van der Waals surface area contributed by atoms with Crippen molar-refractivity contribution in [3.8, 4) is 0 Å². The van der Waals surface area contributed by atoms with E-state index in [1.165, 1.54) is 24.3 Å². The highest BCUT2D eigenvalue weighted by atomic mass is 32.2. The number of fused-ring (bicyclic) bond motifs is 1. The van der Waals surface area contributed by atoms with Crippen LogP contribution in [0.5, 0.6) is 0 Å². The summed E-state index contributed by atoms with van der Waals surface area (Å²) < 4.78 is 24.6. The molecule has 1 aromatic heterocycles. The van der Waals surface area contributed by atoms with Gasteiger partial charge in [0.25, 0.3) is 0 Å². The number of primary sulfonamides is 1. The fourth-order valence-corrected chi connectivity index (χ4v) is 4.12. The smallest absolute Gasteiger partial charge is 0.238 e. The summed E-state index contributed by atoms with van der Waals surface area (Å²) in [4.78, 5) is 25.5. The fraction of sp³-hybridized carbons (Fsp3) is 0.143. The van der Waals surface area contributed by atoms with Gasteiger partial charge < -0.3 is 9.88 Å². The Balaban J connectivity index is 1.52. The predicted molar refractivity (Wildman–Crippen MR) is 108 cm³/mol. The van der Waals surface area contributed by atoms with E-state index in [1.54, 1.807) is 18.2 Å². The second kappa shape index (κ2) is 7.31. The monoisotopic (exact) mass is 409 g/mol. The molecule has 0 bridgehead atoms. The van der Waals surface area contributed by atoms with Crippen LogP contribution in [0.15, 0.2) is 71.6 Å². The summed E-state index contributed by atoms with van der Waals surface area (Å²) in [5, 5.41) is 7.88. The maximum absolute atomic E-state index is 12.8. The SMILES string of the molecule is NS(=O)(=O)c1ccc(NC(=O)C2CCn3c(C(=O)c4ccccc4)ccc32)cc1. The third kappa shape index (κ3) is 3.72. The van der Waals surface area contributed by atoms with Gasteiger partial charge in [0.15, 0.2) is 0 Å². The second-order valence-corrected chi connectivity index (χ2v) is 8.45. The van der Waals surface area contributed by atoms with E-state index in [9.17, 15) is 18.0 Å². The van der Waals surface area contributed by atoms with Crippen molar-refractivity contribution in [3.63, 3.8) is 0 Å². The molecule has 8 heteroatoms. The van der Waals surface area contributed by atoms with Crippen molar-refractivity contribution >= 4 is 27.4 Å². The highest BCUT2D eigenvalue weighted by Crippen LogP contribution is 2.32. The lowest BCUT2D eigenvalue weighted by atomic mass is 10.0. The number of benzene rings is 2. The molecule has 1 amide bonds. The number of sulfonamides is 1. The predicted octanol–water partition coefficient (Wildman–Crippen LogP) is 2.49. The zero-order valence-electron chi connectivity index (χ0n) is 15.4. The number of ketones is 1. The minimum Gasteiger partial charge on any atom is -0.341 e. The molecule has 2 heterocycles. The number of nitrogens with one attached hydrogen (secondary N) is 1. The quantitative estimate of drug-likeness (QED) is 0.631. The Bertz CT molecular complexity index is 1180. The molecule has 0 saturated heterocycles. The molecule has 1 aliphatic rings. The molecular weight excluding hydrogens is 390 g/mol. The number of rotatable bonds is 5. The molecule has 0 aliphatic carbocycles. The first-order valence-corrected chi connectivity index (χ1v) is 10.6. The molecule has 4 rings (SSSR count). The van der Waals surface area contributed by atoms with E-state index >= 15 is 0 Å². The van der Waals surface area contributed by atoms with Crippen LogP contribution >= 0.6 is 0 Å². The van der Waals surface area contributed by atoms with Crippen LogP contribution in [0.1, 0.15) is 34.1 Å². The summed E-state index contributed by atoms with van der Waals surface area (Å²) >= 11 is 0. The zero-order valence-corrected chi connectivity index (χ0v) is 16.2. The van der Waals surface area contributed by atoms with Crippen LogP contribution in [-0.2, 0) is 21.4 Å². The van der Waals surface area contributed by atoms with Crippen LogP contribution in [0.4, 0.5) is 5.69 Å². The highest BCUT2D eigenvalue weighted by Gasteiger charge is 2.32. The molecule has 2 aromatic carbocycles. The molecule has 29 heavy (non-hydrogen) atoms. The summed E-state index contributed by atoms with van der Waals surface area (Å²) in [5.74, 6) is -0.661. The first-order valence-electron chi connectivity index (χ1n) is 9.07. The lowest BCUT2D eigenvalue weighted by Crippen LogP contribution is -2.19. The maximum atomic E-state index is 12.8. The third-order valence-electron chi connectivity index (χ3n) is 5.05. The van der Waals surface area contributed by atoms with E-state index in [2.05, 4.69) is 5.32 Å². The van der Waals surface area contributed by atoms with Crippen molar-refractivity contribution in [2.75, 3.05) is 5.32 Å². The van der Waals surface area contributed by atoms with Crippen molar-refractivity contribution in [2.45, 2.75) is 23.8 Å². The Morgan fingerprint density at radius 2 is 1.66 bits per heavy atom. The van der Waals surface area contributed by atoms with Gasteiger partial charge in [-0.25, -0.2) is 13.6 Å². The number of anilines is 1. The van der Waals surface area contributed by atoms with Gasteiger partial charge in [-0.2, -0.15) is 0 Å². The summed E-state index contributed by atoms with van der Waals surface area (Å²) in [5.41, 5.74) is 2.45. The molecule has 7 nitrogen and oxygen atoms in total. The summed E-state index contributed by atoms with van der Waals surface area (Å²) in [6, 6.07) is 18.3. The van der Waals surface area contributed by atoms with Gasteiger partial charge in [-0.1, -0.05) is 30.3 Å². The van der Waals surface area contributed by atoms with Crippen LogP contribution in [-0.4, -0.2) is 24.7 Å². The van der Waals surface area contributed by atoms with E-state index < -0.39 is 10.0 Å². The van der Waals surface area contributed by atoms with Crippen molar-refractivity contribution in [2.24, 2.45) is 5.14 Å². The number of nitrogens with two attached hydrogens (primary N) is 1. The van der Waals surface area contributed by atoms with Crippen LogP contribution in [0.25, 0.3) is 0 Å². The van der Waals surface area contributed by atoms with Crippen LogP contribution in [0.3, 0.4) is 0 Å². The number of nitrogens with zero attached hydrogens (tertiary/aromatic N) is 1. The number of hydrogen-bond donors (Lipinski definition) is 2. The summed E-state index contributed by atoms with van der Waals surface area (Å²) in [6.07, 6.45) is 0.590. The third-order valence-corrected chi connectivity index (χ3v) is 5.98. The lowest BCUT2D eigenvalue weighted by molar-refractivity contribution is -0.117. The normalized spacial score (nSPS) is 15.7. The average Bonchev–Trinajstić information content (AvgIpc) is 3.30. The molecule has 0 spiro atoms. The summed E-state index contributed by atoms with van der Waals surface area (Å²) in [6.45, 7) is 0.582.